The van der Waals surface area contributed by atoms with E-state index in [-0.39, 0.29) is 0 Å². The van der Waals surface area contributed by atoms with Crippen LogP contribution in [0.2, 0.25) is 0 Å². The number of hydrogen-bond donors (Lipinski definition) is 1. The Hall–Kier alpha value is -0.830. The summed E-state index contributed by atoms with van der Waals surface area (Å²) in [4.78, 5) is 4.28. The lowest BCUT2D eigenvalue weighted by atomic mass is 10.2. The summed E-state index contributed by atoms with van der Waals surface area (Å²) in [5.41, 5.74) is 7.87. The molecule has 1 unspecified atom stereocenters. The second-order valence-electron chi connectivity index (χ2n) is 3.60. The first-order valence-corrected chi connectivity index (χ1v) is 4.87. The molecule has 1 rings (SSSR count). The minimum Gasteiger partial charge on any atom is -0.332 e. The van der Waals surface area contributed by atoms with Crippen LogP contribution < -0.4 is 5.73 Å². The van der Waals surface area contributed by atoms with Gasteiger partial charge >= 0.3 is 0 Å². The summed E-state index contributed by atoms with van der Waals surface area (Å²) < 4.78 is 2.23. The van der Waals surface area contributed by atoms with E-state index in [9.17, 15) is 0 Å². The maximum absolute atomic E-state index is 5.47. The first kappa shape index (κ1) is 10.3. The molecule has 1 aromatic rings. The van der Waals surface area contributed by atoms with Gasteiger partial charge in [0.2, 0.25) is 0 Å². The smallest absolute Gasteiger partial charge is 0.0953 e. The molecular weight excluding hydrogens is 162 g/mol. The van der Waals surface area contributed by atoms with E-state index in [1.807, 2.05) is 13.3 Å². The fraction of sp³-hybridized carbons (Fsp3) is 0.700. The van der Waals surface area contributed by atoms with Gasteiger partial charge in [-0.1, -0.05) is 0 Å². The number of aromatic nitrogens is 2. The molecule has 13 heavy (non-hydrogen) atoms. The van der Waals surface area contributed by atoms with Crippen molar-refractivity contribution in [2.45, 2.75) is 39.7 Å². The molecule has 0 spiro atoms. The molecule has 74 valence electrons. The number of nitrogens with zero attached hydrogens (tertiary/aromatic N) is 2. The van der Waals surface area contributed by atoms with Gasteiger partial charge in [0.15, 0.2) is 0 Å². The number of imidazole rings is 1. The summed E-state index contributed by atoms with van der Waals surface area (Å²) in [6.45, 7) is 7.14. The zero-order chi connectivity index (χ0) is 9.84. The van der Waals surface area contributed by atoms with Gasteiger partial charge in [0.05, 0.1) is 12.0 Å². The highest BCUT2D eigenvalue weighted by Crippen LogP contribution is 2.16. The predicted octanol–water partition coefficient (Wildman–Crippen LogP) is 1.80. The summed E-state index contributed by atoms with van der Waals surface area (Å²) in [6.07, 6.45) is 4.14. The minimum absolute atomic E-state index is 0.518. The lowest BCUT2D eigenvalue weighted by Gasteiger charge is -2.14. The van der Waals surface area contributed by atoms with Crippen LogP contribution >= 0.6 is 0 Å². The maximum Gasteiger partial charge on any atom is 0.0953 e. The third-order valence-corrected chi connectivity index (χ3v) is 2.59. The van der Waals surface area contributed by atoms with Crippen molar-refractivity contribution in [2.75, 3.05) is 6.54 Å². The molecule has 0 fully saturated rings. The number of rotatable bonds is 4. The fourth-order valence-corrected chi connectivity index (χ4v) is 1.51. The predicted molar refractivity (Wildman–Crippen MR) is 54.7 cm³/mol. The van der Waals surface area contributed by atoms with Crippen LogP contribution in [0.4, 0.5) is 0 Å². The molecule has 0 aliphatic carbocycles. The molecule has 1 atom stereocenters. The van der Waals surface area contributed by atoms with Gasteiger partial charge in [0, 0.05) is 11.7 Å². The Morgan fingerprint density at radius 3 is 2.69 bits per heavy atom. The van der Waals surface area contributed by atoms with Crippen LogP contribution in [0.25, 0.3) is 0 Å². The Morgan fingerprint density at radius 1 is 1.54 bits per heavy atom. The summed E-state index contributed by atoms with van der Waals surface area (Å²) in [6, 6.07) is 0.518. The Kier molecular flexibility index (Phi) is 3.48. The van der Waals surface area contributed by atoms with Gasteiger partial charge in [-0.05, 0) is 40.2 Å². The standard InChI is InChI=1S/C10H19N3/c1-8(5-4-6-11)13-7-12-9(2)10(13)3/h7-8H,4-6,11H2,1-3H3. The van der Waals surface area contributed by atoms with Crippen molar-refractivity contribution < 1.29 is 0 Å². The zero-order valence-electron chi connectivity index (χ0n) is 8.75. The van der Waals surface area contributed by atoms with Gasteiger partial charge in [0.1, 0.15) is 0 Å². The van der Waals surface area contributed by atoms with Crippen molar-refractivity contribution in [1.29, 1.82) is 0 Å². The van der Waals surface area contributed by atoms with Gasteiger partial charge in [-0.3, -0.25) is 0 Å². The Bertz CT molecular complexity index is 265. The molecule has 0 bridgehead atoms. The van der Waals surface area contributed by atoms with Crippen LogP contribution in [-0.2, 0) is 0 Å². The number of hydrogen-bond acceptors (Lipinski definition) is 2. The lowest BCUT2D eigenvalue weighted by Crippen LogP contribution is -2.08. The molecule has 0 saturated carbocycles. The zero-order valence-corrected chi connectivity index (χ0v) is 8.75. The van der Waals surface area contributed by atoms with E-state index in [0.29, 0.717) is 6.04 Å². The monoisotopic (exact) mass is 181 g/mol. The van der Waals surface area contributed by atoms with Crippen LogP contribution in [-0.4, -0.2) is 16.1 Å². The average Bonchev–Trinajstić information content (AvgIpc) is 2.44. The molecule has 0 aliphatic rings. The largest absolute Gasteiger partial charge is 0.332 e. The van der Waals surface area contributed by atoms with Gasteiger partial charge < -0.3 is 10.3 Å². The van der Waals surface area contributed by atoms with Gasteiger partial charge in [-0.15, -0.1) is 0 Å². The molecule has 0 aromatic carbocycles. The second-order valence-corrected chi connectivity index (χ2v) is 3.60. The summed E-state index contributed by atoms with van der Waals surface area (Å²) in [7, 11) is 0. The Balaban J connectivity index is 2.65. The van der Waals surface area contributed by atoms with Crippen molar-refractivity contribution >= 4 is 0 Å². The number of nitrogens with two attached hydrogens (primary N) is 1. The van der Waals surface area contributed by atoms with Crippen molar-refractivity contribution in [3.05, 3.63) is 17.7 Å². The molecular formula is C10H19N3. The molecule has 0 radical (unpaired) electrons. The van der Waals surface area contributed by atoms with Crippen molar-refractivity contribution in [1.82, 2.24) is 9.55 Å². The molecule has 1 aromatic heterocycles. The SMILES string of the molecule is Cc1ncn(C(C)CCCN)c1C. The summed E-state index contributed by atoms with van der Waals surface area (Å²) in [5.74, 6) is 0. The molecule has 3 heteroatoms. The highest BCUT2D eigenvalue weighted by Gasteiger charge is 2.08. The van der Waals surface area contributed by atoms with E-state index >= 15 is 0 Å². The van der Waals surface area contributed by atoms with E-state index in [1.54, 1.807) is 0 Å². The van der Waals surface area contributed by atoms with Crippen molar-refractivity contribution in [3.63, 3.8) is 0 Å². The van der Waals surface area contributed by atoms with Gasteiger partial charge in [0.25, 0.3) is 0 Å². The Labute approximate surface area is 80.0 Å². The molecule has 2 N–H and O–H groups in total. The molecule has 1 heterocycles. The van der Waals surface area contributed by atoms with Crippen LogP contribution in [0, 0.1) is 13.8 Å². The molecule has 0 aliphatic heterocycles. The van der Waals surface area contributed by atoms with Crippen LogP contribution in [0.15, 0.2) is 6.33 Å². The van der Waals surface area contributed by atoms with Crippen molar-refractivity contribution in [3.8, 4) is 0 Å². The normalized spacial score (nSPS) is 13.2. The number of aryl methyl sites for hydroxylation is 1. The second kappa shape index (κ2) is 4.42. The highest BCUT2D eigenvalue weighted by atomic mass is 15.1. The van der Waals surface area contributed by atoms with E-state index in [0.717, 1.165) is 25.1 Å². The third-order valence-electron chi connectivity index (χ3n) is 2.59. The van der Waals surface area contributed by atoms with E-state index < -0.39 is 0 Å². The average molecular weight is 181 g/mol. The van der Waals surface area contributed by atoms with Crippen molar-refractivity contribution in [2.24, 2.45) is 5.73 Å². The van der Waals surface area contributed by atoms with E-state index in [2.05, 4.69) is 23.4 Å². The van der Waals surface area contributed by atoms with Crippen LogP contribution in [0.5, 0.6) is 0 Å². The Morgan fingerprint density at radius 2 is 2.23 bits per heavy atom. The first-order chi connectivity index (χ1) is 6.16. The summed E-state index contributed by atoms with van der Waals surface area (Å²) in [5, 5.41) is 0. The van der Waals surface area contributed by atoms with Gasteiger partial charge in [-0.25, -0.2) is 4.98 Å². The maximum atomic E-state index is 5.47. The minimum atomic E-state index is 0.518. The topological polar surface area (TPSA) is 43.8 Å². The molecule has 3 nitrogen and oxygen atoms in total. The molecule has 0 amide bonds. The van der Waals surface area contributed by atoms with E-state index in [1.165, 1.54) is 5.69 Å². The quantitative estimate of drug-likeness (QED) is 0.769. The van der Waals surface area contributed by atoms with Crippen LogP contribution in [0.1, 0.15) is 37.2 Å². The third kappa shape index (κ3) is 2.31. The lowest BCUT2D eigenvalue weighted by molar-refractivity contribution is 0.483. The fourth-order valence-electron chi connectivity index (χ4n) is 1.51. The van der Waals surface area contributed by atoms with Gasteiger partial charge in [-0.2, -0.15) is 0 Å². The molecule has 0 saturated heterocycles. The van der Waals surface area contributed by atoms with Crippen LogP contribution in [0.3, 0.4) is 0 Å². The summed E-state index contributed by atoms with van der Waals surface area (Å²) >= 11 is 0. The van der Waals surface area contributed by atoms with E-state index in [4.69, 9.17) is 5.73 Å². The highest BCUT2D eigenvalue weighted by molar-refractivity contribution is 5.09. The first-order valence-electron chi connectivity index (χ1n) is 4.87.